The summed E-state index contributed by atoms with van der Waals surface area (Å²) in [5.74, 6) is -0.977. The summed E-state index contributed by atoms with van der Waals surface area (Å²) in [6.07, 6.45) is 0.882. The van der Waals surface area contributed by atoms with Gasteiger partial charge in [0.15, 0.2) is 0 Å². The van der Waals surface area contributed by atoms with Crippen LogP contribution >= 0.6 is 11.8 Å². The van der Waals surface area contributed by atoms with Crippen LogP contribution < -0.4 is 5.73 Å². The van der Waals surface area contributed by atoms with E-state index in [9.17, 15) is 9.18 Å². The first-order chi connectivity index (χ1) is 10.1. The highest BCUT2D eigenvalue weighted by Gasteiger charge is 2.23. The van der Waals surface area contributed by atoms with Crippen molar-refractivity contribution in [2.75, 3.05) is 12.3 Å². The number of anilines is 1. The predicted octanol–water partition coefficient (Wildman–Crippen LogP) is 3.28. The van der Waals surface area contributed by atoms with Crippen molar-refractivity contribution in [2.45, 2.75) is 16.6 Å². The van der Waals surface area contributed by atoms with Crippen LogP contribution in [0.15, 0.2) is 47.4 Å². The van der Waals surface area contributed by atoms with Gasteiger partial charge in [-0.2, -0.15) is 0 Å². The molecule has 0 radical (unpaired) electrons. The SMILES string of the molecule is Nc1cc(F)ccc1C(=O)OCC1Cc2ccccc2S1. The van der Waals surface area contributed by atoms with Crippen LogP contribution in [0, 0.1) is 5.82 Å². The van der Waals surface area contributed by atoms with Gasteiger partial charge in [0, 0.05) is 15.8 Å². The predicted molar refractivity (Wildman–Crippen MR) is 80.9 cm³/mol. The number of carbonyl (C=O) groups excluding carboxylic acids is 1. The summed E-state index contributed by atoms with van der Waals surface area (Å²) in [5, 5.41) is 0.216. The molecule has 0 amide bonds. The van der Waals surface area contributed by atoms with Crippen molar-refractivity contribution >= 4 is 23.4 Å². The summed E-state index contributed by atoms with van der Waals surface area (Å²) in [4.78, 5) is 13.2. The Morgan fingerprint density at radius 2 is 2.14 bits per heavy atom. The Morgan fingerprint density at radius 3 is 2.90 bits per heavy atom. The van der Waals surface area contributed by atoms with Crippen LogP contribution in [0.4, 0.5) is 10.1 Å². The molecule has 0 bridgehead atoms. The molecule has 1 aliphatic rings. The van der Waals surface area contributed by atoms with Gasteiger partial charge in [-0.05, 0) is 36.2 Å². The molecule has 21 heavy (non-hydrogen) atoms. The van der Waals surface area contributed by atoms with Crippen molar-refractivity contribution in [2.24, 2.45) is 0 Å². The van der Waals surface area contributed by atoms with Gasteiger partial charge >= 0.3 is 5.97 Å². The summed E-state index contributed by atoms with van der Waals surface area (Å²) in [6.45, 7) is 0.314. The van der Waals surface area contributed by atoms with Crippen LogP contribution in [0.2, 0.25) is 0 Å². The van der Waals surface area contributed by atoms with Crippen molar-refractivity contribution in [1.29, 1.82) is 0 Å². The third-order valence-corrected chi connectivity index (χ3v) is 4.64. The molecule has 1 aliphatic heterocycles. The minimum Gasteiger partial charge on any atom is -0.461 e. The van der Waals surface area contributed by atoms with Gasteiger partial charge in [0.2, 0.25) is 0 Å². The number of halogens is 1. The van der Waals surface area contributed by atoms with E-state index in [0.717, 1.165) is 12.5 Å². The van der Waals surface area contributed by atoms with Crippen molar-refractivity contribution in [1.82, 2.24) is 0 Å². The number of nitrogen functional groups attached to an aromatic ring is 1. The highest BCUT2D eigenvalue weighted by atomic mass is 32.2. The van der Waals surface area contributed by atoms with Crippen LogP contribution in [-0.2, 0) is 11.2 Å². The molecule has 0 spiro atoms. The quantitative estimate of drug-likeness (QED) is 0.698. The lowest BCUT2D eigenvalue weighted by Crippen LogP contribution is -2.16. The summed E-state index contributed by atoms with van der Waals surface area (Å²) in [6, 6.07) is 11.8. The summed E-state index contributed by atoms with van der Waals surface area (Å²) in [5.41, 5.74) is 7.22. The van der Waals surface area contributed by atoms with Crippen molar-refractivity contribution in [3.05, 3.63) is 59.4 Å². The third kappa shape index (κ3) is 3.03. The van der Waals surface area contributed by atoms with Crippen LogP contribution in [-0.4, -0.2) is 17.8 Å². The lowest BCUT2D eigenvalue weighted by molar-refractivity contribution is 0.0508. The zero-order valence-corrected chi connectivity index (χ0v) is 12.0. The highest BCUT2D eigenvalue weighted by Crippen LogP contribution is 2.36. The molecule has 3 nitrogen and oxygen atoms in total. The molecular weight excluding hydrogens is 289 g/mol. The van der Waals surface area contributed by atoms with Gasteiger partial charge < -0.3 is 10.5 Å². The maximum Gasteiger partial charge on any atom is 0.340 e. The molecule has 5 heteroatoms. The Morgan fingerprint density at radius 1 is 1.33 bits per heavy atom. The maximum atomic E-state index is 13.0. The number of esters is 1. The average Bonchev–Trinajstić information content (AvgIpc) is 2.87. The Balaban J connectivity index is 1.60. The van der Waals surface area contributed by atoms with E-state index in [1.54, 1.807) is 11.8 Å². The van der Waals surface area contributed by atoms with E-state index < -0.39 is 11.8 Å². The second kappa shape index (κ2) is 5.77. The van der Waals surface area contributed by atoms with E-state index in [1.807, 2.05) is 12.1 Å². The number of carbonyl (C=O) groups is 1. The number of hydrogen-bond donors (Lipinski definition) is 1. The topological polar surface area (TPSA) is 52.3 Å². The molecule has 108 valence electrons. The molecule has 1 unspecified atom stereocenters. The van der Waals surface area contributed by atoms with E-state index in [4.69, 9.17) is 10.5 Å². The third-order valence-electron chi connectivity index (χ3n) is 3.35. The second-order valence-corrected chi connectivity index (χ2v) is 6.22. The Bertz CT molecular complexity index is 665. The number of fused-ring (bicyclic) bond motifs is 1. The van der Waals surface area contributed by atoms with E-state index in [0.29, 0.717) is 6.61 Å². The van der Waals surface area contributed by atoms with Gasteiger partial charge in [-0.3, -0.25) is 0 Å². The van der Waals surface area contributed by atoms with Crippen LogP contribution in [0.25, 0.3) is 0 Å². The smallest absolute Gasteiger partial charge is 0.340 e. The van der Waals surface area contributed by atoms with Gasteiger partial charge in [-0.15, -0.1) is 11.8 Å². The van der Waals surface area contributed by atoms with Gasteiger partial charge in [0.1, 0.15) is 12.4 Å². The first-order valence-electron chi connectivity index (χ1n) is 6.60. The summed E-state index contributed by atoms with van der Waals surface area (Å²) >= 11 is 1.71. The Hall–Kier alpha value is -2.01. The molecule has 0 fully saturated rings. The van der Waals surface area contributed by atoms with Gasteiger partial charge in [-0.25, -0.2) is 9.18 Å². The molecule has 2 aromatic carbocycles. The number of ether oxygens (including phenoxy) is 1. The molecule has 2 aromatic rings. The highest BCUT2D eigenvalue weighted by molar-refractivity contribution is 8.00. The standard InChI is InChI=1S/C16H14FNO2S/c17-11-5-6-13(14(18)8-11)16(19)20-9-12-7-10-3-1-2-4-15(10)21-12/h1-6,8,12H,7,9,18H2. The van der Waals surface area contributed by atoms with E-state index in [-0.39, 0.29) is 16.5 Å². The normalized spacial score (nSPS) is 16.5. The number of benzene rings is 2. The monoisotopic (exact) mass is 303 g/mol. The first kappa shape index (κ1) is 13.9. The molecule has 0 aromatic heterocycles. The van der Waals surface area contributed by atoms with Crippen molar-refractivity contribution in [3.63, 3.8) is 0 Å². The van der Waals surface area contributed by atoms with Crippen LogP contribution in [0.3, 0.4) is 0 Å². The van der Waals surface area contributed by atoms with Gasteiger partial charge in [0.05, 0.1) is 5.56 Å². The van der Waals surface area contributed by atoms with Gasteiger partial charge in [-0.1, -0.05) is 18.2 Å². The number of nitrogens with two attached hydrogens (primary N) is 1. The summed E-state index contributed by atoms with van der Waals surface area (Å²) in [7, 11) is 0. The molecule has 1 heterocycles. The molecule has 0 saturated carbocycles. The Kier molecular flexibility index (Phi) is 3.84. The number of thioether (sulfide) groups is 1. The second-order valence-electron chi connectivity index (χ2n) is 4.88. The zero-order valence-electron chi connectivity index (χ0n) is 11.2. The molecule has 0 saturated heterocycles. The zero-order chi connectivity index (χ0) is 14.8. The minimum absolute atomic E-state index is 0.0994. The molecule has 2 N–H and O–H groups in total. The minimum atomic E-state index is -0.510. The average molecular weight is 303 g/mol. The lowest BCUT2D eigenvalue weighted by Gasteiger charge is -2.10. The Labute approximate surface area is 126 Å². The summed E-state index contributed by atoms with van der Waals surface area (Å²) < 4.78 is 18.3. The molecule has 0 aliphatic carbocycles. The molecule has 1 atom stereocenters. The van der Waals surface area contributed by atoms with Crippen molar-refractivity contribution < 1.29 is 13.9 Å². The van der Waals surface area contributed by atoms with Crippen LogP contribution in [0.1, 0.15) is 15.9 Å². The fourth-order valence-electron chi connectivity index (χ4n) is 2.31. The van der Waals surface area contributed by atoms with E-state index in [2.05, 4.69) is 12.1 Å². The fraction of sp³-hybridized carbons (Fsp3) is 0.188. The molecule has 3 rings (SSSR count). The van der Waals surface area contributed by atoms with E-state index in [1.165, 1.54) is 22.6 Å². The molecular formula is C16H14FNO2S. The van der Waals surface area contributed by atoms with Crippen LogP contribution in [0.5, 0.6) is 0 Å². The fourth-order valence-corrected chi connectivity index (χ4v) is 3.53. The van der Waals surface area contributed by atoms with Gasteiger partial charge in [0.25, 0.3) is 0 Å². The lowest BCUT2D eigenvalue weighted by atomic mass is 10.1. The first-order valence-corrected chi connectivity index (χ1v) is 7.48. The van der Waals surface area contributed by atoms with Crippen molar-refractivity contribution in [3.8, 4) is 0 Å². The van der Waals surface area contributed by atoms with E-state index >= 15 is 0 Å². The largest absolute Gasteiger partial charge is 0.461 e. The number of rotatable bonds is 3. The maximum absolute atomic E-state index is 13.0. The number of hydrogen-bond acceptors (Lipinski definition) is 4.